The molecule has 0 radical (unpaired) electrons. The van der Waals surface area contributed by atoms with E-state index in [4.69, 9.17) is 17.3 Å². The highest BCUT2D eigenvalue weighted by Crippen LogP contribution is 2.20. The molecule has 0 atom stereocenters. The van der Waals surface area contributed by atoms with E-state index >= 15 is 0 Å². The van der Waals surface area contributed by atoms with Crippen LogP contribution in [0.5, 0.6) is 0 Å². The molecule has 1 amide bonds. The average Bonchev–Trinajstić information content (AvgIpc) is 2.88. The van der Waals surface area contributed by atoms with Crippen molar-refractivity contribution in [3.8, 4) is 0 Å². The Balaban J connectivity index is 1.81. The van der Waals surface area contributed by atoms with Crippen LogP contribution in [0.2, 0.25) is 4.34 Å². The summed E-state index contributed by atoms with van der Waals surface area (Å²) >= 11 is 7.00. The van der Waals surface area contributed by atoms with E-state index < -0.39 is 0 Å². The number of nitrogens with zero attached hydrogens (tertiary/aromatic N) is 2. The van der Waals surface area contributed by atoms with Gasteiger partial charge in [-0.3, -0.25) is 9.48 Å². The Morgan fingerprint density at radius 3 is 3.00 bits per heavy atom. The summed E-state index contributed by atoms with van der Waals surface area (Å²) in [6, 6.07) is 3.41. The zero-order chi connectivity index (χ0) is 12.3. The third-order valence-electron chi connectivity index (χ3n) is 2.08. The molecule has 0 aromatic carbocycles. The van der Waals surface area contributed by atoms with Crippen LogP contribution in [-0.2, 0) is 6.54 Å². The topological polar surface area (TPSA) is 72.9 Å². The molecule has 0 fully saturated rings. The Kier molecular flexibility index (Phi) is 3.65. The number of nitrogen functional groups attached to an aromatic ring is 1. The molecule has 0 spiro atoms. The first-order valence-electron chi connectivity index (χ1n) is 4.96. The number of carbonyl (C=O) groups is 1. The number of halogens is 1. The lowest BCUT2D eigenvalue weighted by Gasteiger charge is -2.03. The number of amides is 1. The minimum atomic E-state index is -0.123. The van der Waals surface area contributed by atoms with Crippen molar-refractivity contribution in [3.63, 3.8) is 0 Å². The minimum absolute atomic E-state index is 0.123. The van der Waals surface area contributed by atoms with Gasteiger partial charge in [-0.15, -0.1) is 11.3 Å². The van der Waals surface area contributed by atoms with Gasteiger partial charge < -0.3 is 11.1 Å². The first kappa shape index (κ1) is 11.9. The molecular formula is C10H11ClN4OS. The lowest BCUT2D eigenvalue weighted by molar-refractivity contribution is 0.0956. The van der Waals surface area contributed by atoms with Crippen LogP contribution in [0.25, 0.3) is 0 Å². The van der Waals surface area contributed by atoms with E-state index in [0.717, 1.165) is 0 Å². The molecule has 0 aliphatic heterocycles. The molecule has 0 aliphatic rings. The van der Waals surface area contributed by atoms with Crippen LogP contribution in [0.3, 0.4) is 0 Å². The second kappa shape index (κ2) is 5.20. The monoisotopic (exact) mass is 270 g/mol. The fourth-order valence-electron chi connectivity index (χ4n) is 1.31. The number of aromatic nitrogens is 2. The van der Waals surface area contributed by atoms with Crippen molar-refractivity contribution < 1.29 is 4.79 Å². The molecule has 0 aliphatic carbocycles. The van der Waals surface area contributed by atoms with E-state index in [1.165, 1.54) is 11.3 Å². The van der Waals surface area contributed by atoms with Gasteiger partial charge in [-0.25, -0.2) is 0 Å². The number of rotatable bonds is 4. The number of nitrogens with one attached hydrogen (secondary N) is 1. The van der Waals surface area contributed by atoms with Crippen LogP contribution in [0.15, 0.2) is 24.5 Å². The number of hydrogen-bond acceptors (Lipinski definition) is 4. The van der Waals surface area contributed by atoms with Gasteiger partial charge in [0.25, 0.3) is 5.91 Å². The molecule has 2 heterocycles. The van der Waals surface area contributed by atoms with Crippen molar-refractivity contribution in [1.29, 1.82) is 0 Å². The Labute approximate surface area is 107 Å². The molecule has 5 nitrogen and oxygen atoms in total. The molecule has 7 heteroatoms. The lowest BCUT2D eigenvalue weighted by atomic mass is 10.4. The Hall–Kier alpha value is -1.53. The first-order valence-corrected chi connectivity index (χ1v) is 6.16. The molecule has 0 unspecified atom stereocenters. The van der Waals surface area contributed by atoms with Gasteiger partial charge in [0, 0.05) is 12.7 Å². The summed E-state index contributed by atoms with van der Waals surface area (Å²) < 4.78 is 2.28. The molecule has 2 rings (SSSR count). The standard InChI is InChI=1S/C10H11ClN4OS/c11-9-2-1-8(17-9)10(16)13-3-4-15-6-7(12)5-14-15/h1-2,5-6H,3-4,12H2,(H,13,16). The molecule has 90 valence electrons. The fraction of sp³-hybridized carbons (Fsp3) is 0.200. The normalized spacial score (nSPS) is 10.4. The highest BCUT2D eigenvalue weighted by atomic mass is 35.5. The van der Waals surface area contributed by atoms with Gasteiger partial charge in [-0.1, -0.05) is 11.6 Å². The van der Waals surface area contributed by atoms with Gasteiger partial charge in [0.05, 0.1) is 27.6 Å². The SMILES string of the molecule is Nc1cnn(CCNC(=O)c2ccc(Cl)s2)c1. The van der Waals surface area contributed by atoms with E-state index in [9.17, 15) is 4.79 Å². The van der Waals surface area contributed by atoms with Crippen molar-refractivity contribution in [2.45, 2.75) is 6.54 Å². The van der Waals surface area contributed by atoms with E-state index in [1.807, 2.05) is 0 Å². The Bertz CT molecular complexity index is 522. The van der Waals surface area contributed by atoms with Crippen LogP contribution in [-0.4, -0.2) is 22.2 Å². The predicted molar refractivity (Wildman–Crippen MR) is 68.3 cm³/mol. The van der Waals surface area contributed by atoms with Gasteiger partial charge in [0.2, 0.25) is 0 Å². The number of carbonyl (C=O) groups excluding carboxylic acids is 1. The second-order valence-electron chi connectivity index (χ2n) is 3.40. The number of hydrogen-bond donors (Lipinski definition) is 2. The second-order valence-corrected chi connectivity index (χ2v) is 5.11. The summed E-state index contributed by atoms with van der Waals surface area (Å²) in [6.45, 7) is 1.08. The van der Waals surface area contributed by atoms with E-state index in [1.54, 1.807) is 29.2 Å². The predicted octanol–water partition coefficient (Wildman–Crippen LogP) is 1.61. The molecule has 2 aromatic heterocycles. The highest BCUT2D eigenvalue weighted by Gasteiger charge is 2.07. The molecule has 0 saturated heterocycles. The van der Waals surface area contributed by atoms with Gasteiger partial charge in [0.15, 0.2) is 0 Å². The van der Waals surface area contributed by atoms with Crippen LogP contribution < -0.4 is 11.1 Å². The first-order chi connectivity index (χ1) is 8.15. The summed E-state index contributed by atoms with van der Waals surface area (Å²) in [5.74, 6) is -0.123. The summed E-state index contributed by atoms with van der Waals surface area (Å²) in [7, 11) is 0. The quantitative estimate of drug-likeness (QED) is 0.886. The molecule has 2 aromatic rings. The summed E-state index contributed by atoms with van der Waals surface area (Å²) in [5.41, 5.74) is 6.13. The van der Waals surface area contributed by atoms with Gasteiger partial charge in [-0.05, 0) is 12.1 Å². The summed E-state index contributed by atoms with van der Waals surface area (Å²) in [5, 5.41) is 6.79. The Morgan fingerprint density at radius 1 is 1.59 bits per heavy atom. The van der Waals surface area contributed by atoms with Crippen molar-refractivity contribution in [2.75, 3.05) is 12.3 Å². The van der Waals surface area contributed by atoms with Crippen molar-refractivity contribution in [2.24, 2.45) is 0 Å². The fourth-order valence-corrected chi connectivity index (χ4v) is 2.27. The third kappa shape index (κ3) is 3.21. The molecule has 0 saturated carbocycles. The largest absolute Gasteiger partial charge is 0.396 e. The van der Waals surface area contributed by atoms with E-state index in [0.29, 0.717) is 28.0 Å². The van der Waals surface area contributed by atoms with Crippen LogP contribution in [0, 0.1) is 0 Å². The zero-order valence-electron chi connectivity index (χ0n) is 8.89. The maximum Gasteiger partial charge on any atom is 0.261 e. The van der Waals surface area contributed by atoms with Crippen LogP contribution in [0.1, 0.15) is 9.67 Å². The van der Waals surface area contributed by atoms with Crippen molar-refractivity contribution >= 4 is 34.5 Å². The molecule has 0 bridgehead atoms. The Morgan fingerprint density at radius 2 is 2.41 bits per heavy atom. The maximum atomic E-state index is 11.6. The smallest absolute Gasteiger partial charge is 0.261 e. The molecule has 3 N–H and O–H groups in total. The van der Waals surface area contributed by atoms with E-state index in [2.05, 4.69) is 10.4 Å². The highest BCUT2D eigenvalue weighted by molar-refractivity contribution is 7.17. The van der Waals surface area contributed by atoms with Crippen LogP contribution in [0.4, 0.5) is 5.69 Å². The number of nitrogens with two attached hydrogens (primary N) is 1. The van der Waals surface area contributed by atoms with Gasteiger partial charge in [-0.2, -0.15) is 5.10 Å². The van der Waals surface area contributed by atoms with Gasteiger partial charge in [0.1, 0.15) is 0 Å². The maximum absolute atomic E-state index is 11.6. The lowest BCUT2D eigenvalue weighted by Crippen LogP contribution is -2.26. The number of thiophene rings is 1. The minimum Gasteiger partial charge on any atom is -0.396 e. The summed E-state index contributed by atoms with van der Waals surface area (Å²) in [4.78, 5) is 12.2. The van der Waals surface area contributed by atoms with Crippen LogP contribution >= 0.6 is 22.9 Å². The zero-order valence-corrected chi connectivity index (χ0v) is 10.5. The van der Waals surface area contributed by atoms with Crippen molar-refractivity contribution in [3.05, 3.63) is 33.7 Å². The number of anilines is 1. The van der Waals surface area contributed by atoms with Gasteiger partial charge >= 0.3 is 0 Å². The van der Waals surface area contributed by atoms with Crippen molar-refractivity contribution in [1.82, 2.24) is 15.1 Å². The summed E-state index contributed by atoms with van der Waals surface area (Å²) in [6.07, 6.45) is 3.29. The average molecular weight is 271 g/mol. The molecular weight excluding hydrogens is 260 g/mol. The third-order valence-corrected chi connectivity index (χ3v) is 3.31. The van der Waals surface area contributed by atoms with E-state index in [-0.39, 0.29) is 5.91 Å². The molecule has 17 heavy (non-hydrogen) atoms.